The largest absolute Gasteiger partial charge is 0.358 e. The molecule has 23 heavy (non-hydrogen) atoms. The first-order chi connectivity index (χ1) is 10.5. The smallest absolute Gasteiger partial charge is 0.343 e. The van der Waals surface area contributed by atoms with Crippen LogP contribution in [0.1, 0.15) is 27.7 Å². The number of hydrogen-bond acceptors (Lipinski definition) is 9. The van der Waals surface area contributed by atoms with Gasteiger partial charge in [0.05, 0.1) is 6.61 Å². The standard InChI is InChI=1S/C12H21NO9S/c1-10(2)19-7-5-17-12(6-18-23(15,16)13-14)9(8(7)20-10)21-11(3,4)22-12/h7-9,13-14H,5-6H2,1-4H3/t7-,8-,9+,12+/m1/s1. The third-order valence-electron chi connectivity index (χ3n) is 3.80. The Hall–Kier alpha value is -0.370. The highest BCUT2D eigenvalue weighted by Gasteiger charge is 2.65. The Labute approximate surface area is 134 Å². The van der Waals surface area contributed by atoms with Gasteiger partial charge in [0.1, 0.15) is 24.9 Å². The van der Waals surface area contributed by atoms with Crippen LogP contribution in [0.4, 0.5) is 0 Å². The van der Waals surface area contributed by atoms with Gasteiger partial charge in [-0.1, -0.05) is 4.89 Å². The van der Waals surface area contributed by atoms with E-state index in [1.54, 1.807) is 27.7 Å². The van der Waals surface area contributed by atoms with Gasteiger partial charge < -0.3 is 28.9 Å². The minimum atomic E-state index is -4.33. The summed E-state index contributed by atoms with van der Waals surface area (Å²) in [6.45, 7) is 6.50. The summed E-state index contributed by atoms with van der Waals surface area (Å²) < 4.78 is 56.3. The third kappa shape index (κ3) is 3.25. The Bertz CT molecular complexity index is 577. The van der Waals surface area contributed by atoms with Crippen LogP contribution in [-0.2, 0) is 38.2 Å². The first-order valence-electron chi connectivity index (χ1n) is 7.15. The molecule has 0 aromatic carbocycles. The van der Waals surface area contributed by atoms with Crippen molar-refractivity contribution >= 4 is 10.3 Å². The maximum Gasteiger partial charge on any atom is 0.358 e. The van der Waals surface area contributed by atoms with E-state index in [1.165, 1.54) is 0 Å². The molecule has 0 aromatic rings. The maximum absolute atomic E-state index is 11.3. The van der Waals surface area contributed by atoms with E-state index < -0.39 is 46.5 Å². The predicted octanol–water partition coefficient (Wildman–Crippen LogP) is -0.375. The molecule has 3 saturated heterocycles. The van der Waals surface area contributed by atoms with Crippen molar-refractivity contribution in [1.29, 1.82) is 0 Å². The van der Waals surface area contributed by atoms with Crippen LogP contribution < -0.4 is 4.89 Å². The SMILES string of the molecule is CC1(C)O[C@@H]2[C@@H](CO[C@@]3(COS(=O)(=O)NO)OC(C)(C)O[C@@H]23)O1. The van der Waals surface area contributed by atoms with Crippen molar-refractivity contribution in [3.8, 4) is 0 Å². The molecule has 2 N–H and O–H groups in total. The average molecular weight is 355 g/mol. The van der Waals surface area contributed by atoms with Crippen LogP contribution in [0.5, 0.6) is 0 Å². The van der Waals surface area contributed by atoms with E-state index in [0.29, 0.717) is 0 Å². The second kappa shape index (κ2) is 5.31. The molecule has 10 nitrogen and oxygen atoms in total. The van der Waals surface area contributed by atoms with Crippen molar-refractivity contribution in [3.05, 3.63) is 0 Å². The quantitative estimate of drug-likeness (QED) is 0.650. The second-order valence-corrected chi connectivity index (χ2v) is 7.94. The number of hydrogen-bond donors (Lipinski definition) is 2. The Morgan fingerprint density at radius 2 is 1.87 bits per heavy atom. The molecule has 3 aliphatic rings. The second-order valence-electron chi connectivity index (χ2n) is 6.61. The minimum Gasteiger partial charge on any atom is -0.343 e. The fourth-order valence-corrected chi connectivity index (χ4v) is 3.51. The molecule has 0 spiro atoms. The van der Waals surface area contributed by atoms with Crippen LogP contribution >= 0.6 is 0 Å². The van der Waals surface area contributed by atoms with Crippen molar-refractivity contribution in [2.75, 3.05) is 13.2 Å². The number of fused-ring (bicyclic) bond motifs is 3. The van der Waals surface area contributed by atoms with Crippen molar-refractivity contribution in [1.82, 2.24) is 4.89 Å². The first kappa shape index (κ1) is 17.5. The summed E-state index contributed by atoms with van der Waals surface area (Å²) in [6.07, 6.45) is -1.63. The lowest BCUT2D eigenvalue weighted by molar-refractivity contribution is -0.290. The van der Waals surface area contributed by atoms with Crippen molar-refractivity contribution < 1.29 is 41.5 Å². The Morgan fingerprint density at radius 3 is 2.52 bits per heavy atom. The molecule has 0 saturated carbocycles. The summed E-state index contributed by atoms with van der Waals surface area (Å²) in [5.74, 6) is -3.34. The Balaban J connectivity index is 1.85. The van der Waals surface area contributed by atoms with Gasteiger partial charge in [0.25, 0.3) is 0 Å². The molecule has 0 amide bonds. The average Bonchev–Trinajstić information content (AvgIpc) is 2.88. The van der Waals surface area contributed by atoms with Crippen LogP contribution in [-0.4, -0.2) is 62.5 Å². The molecule has 134 valence electrons. The summed E-state index contributed by atoms with van der Waals surface area (Å²) in [6, 6.07) is 0. The van der Waals surface area contributed by atoms with E-state index >= 15 is 0 Å². The van der Waals surface area contributed by atoms with Crippen LogP contribution in [0.15, 0.2) is 0 Å². The number of ether oxygens (including phenoxy) is 5. The molecule has 3 heterocycles. The lowest BCUT2D eigenvalue weighted by Gasteiger charge is -2.40. The Morgan fingerprint density at radius 1 is 1.17 bits per heavy atom. The Kier molecular flexibility index (Phi) is 4.03. The normalized spacial score (nSPS) is 41.5. The highest BCUT2D eigenvalue weighted by molar-refractivity contribution is 7.84. The highest BCUT2D eigenvalue weighted by atomic mass is 32.2. The molecular weight excluding hydrogens is 334 g/mol. The monoisotopic (exact) mass is 355 g/mol. The lowest BCUT2D eigenvalue weighted by atomic mass is 9.98. The van der Waals surface area contributed by atoms with E-state index in [0.717, 1.165) is 4.89 Å². The van der Waals surface area contributed by atoms with Gasteiger partial charge in [-0.25, -0.2) is 0 Å². The summed E-state index contributed by atoms with van der Waals surface area (Å²) >= 11 is 0. The van der Waals surface area contributed by atoms with E-state index in [1.807, 2.05) is 0 Å². The lowest BCUT2D eigenvalue weighted by Crippen LogP contribution is -2.60. The molecule has 0 bridgehead atoms. The van der Waals surface area contributed by atoms with Gasteiger partial charge in [-0.05, 0) is 27.7 Å². The third-order valence-corrected chi connectivity index (χ3v) is 4.45. The van der Waals surface area contributed by atoms with Gasteiger partial charge in [-0.2, -0.15) is 8.42 Å². The zero-order chi connectivity index (χ0) is 17.1. The molecule has 11 heteroatoms. The van der Waals surface area contributed by atoms with Crippen LogP contribution in [0.25, 0.3) is 0 Å². The summed E-state index contributed by atoms with van der Waals surface area (Å²) in [7, 11) is -4.33. The van der Waals surface area contributed by atoms with Crippen molar-refractivity contribution in [2.45, 2.75) is 63.4 Å². The fraction of sp³-hybridized carbons (Fsp3) is 1.00. The minimum absolute atomic E-state index is 0.125. The number of rotatable bonds is 4. The molecule has 3 fully saturated rings. The highest BCUT2D eigenvalue weighted by Crippen LogP contribution is 2.47. The van der Waals surface area contributed by atoms with Crippen LogP contribution in [0.2, 0.25) is 0 Å². The van der Waals surface area contributed by atoms with Gasteiger partial charge in [-0.15, -0.1) is 0 Å². The molecule has 3 rings (SSSR count). The van der Waals surface area contributed by atoms with Gasteiger partial charge in [0.2, 0.25) is 5.79 Å². The van der Waals surface area contributed by atoms with Gasteiger partial charge in [-0.3, -0.25) is 4.18 Å². The summed E-state index contributed by atoms with van der Waals surface area (Å²) in [5.41, 5.74) is 0. The predicted molar refractivity (Wildman–Crippen MR) is 72.3 cm³/mol. The van der Waals surface area contributed by atoms with E-state index in [2.05, 4.69) is 0 Å². The molecule has 0 aromatic heterocycles. The van der Waals surface area contributed by atoms with Crippen LogP contribution in [0, 0.1) is 0 Å². The summed E-state index contributed by atoms with van der Waals surface area (Å²) in [5, 5.41) is 8.56. The zero-order valence-electron chi connectivity index (χ0n) is 13.3. The molecule has 0 radical (unpaired) electrons. The van der Waals surface area contributed by atoms with Crippen molar-refractivity contribution in [2.24, 2.45) is 0 Å². The zero-order valence-corrected chi connectivity index (χ0v) is 14.1. The molecule has 3 aliphatic heterocycles. The molecule has 4 atom stereocenters. The maximum atomic E-state index is 11.3. The van der Waals surface area contributed by atoms with Gasteiger partial charge in [0, 0.05) is 0 Å². The van der Waals surface area contributed by atoms with Gasteiger partial charge >= 0.3 is 10.3 Å². The van der Waals surface area contributed by atoms with E-state index in [4.69, 9.17) is 33.1 Å². The fourth-order valence-electron chi connectivity index (χ4n) is 3.13. The molecule has 0 unspecified atom stereocenters. The first-order valence-corrected chi connectivity index (χ1v) is 8.56. The molecular formula is C12H21NO9S. The van der Waals surface area contributed by atoms with Gasteiger partial charge in [0.15, 0.2) is 11.6 Å². The summed E-state index contributed by atoms with van der Waals surface area (Å²) in [4.78, 5) is 1.08. The van der Waals surface area contributed by atoms with E-state index in [9.17, 15) is 8.42 Å². The van der Waals surface area contributed by atoms with Crippen LogP contribution in [0.3, 0.4) is 0 Å². The topological polar surface area (TPSA) is 122 Å². The number of nitrogens with one attached hydrogen (secondary N) is 1. The van der Waals surface area contributed by atoms with E-state index in [-0.39, 0.29) is 12.7 Å². The van der Waals surface area contributed by atoms with Crippen molar-refractivity contribution in [3.63, 3.8) is 0 Å². The molecule has 0 aliphatic carbocycles.